The summed E-state index contributed by atoms with van der Waals surface area (Å²) in [6.45, 7) is 6.62. The molecule has 2 aliphatic carbocycles. The lowest BCUT2D eigenvalue weighted by atomic mass is 9.58. The summed E-state index contributed by atoms with van der Waals surface area (Å²) < 4.78 is 0. The van der Waals surface area contributed by atoms with Gasteiger partial charge in [-0.15, -0.1) is 0 Å². The molecule has 5 rings (SSSR count). The van der Waals surface area contributed by atoms with E-state index < -0.39 is 5.41 Å². The van der Waals surface area contributed by atoms with Crippen molar-refractivity contribution in [3.8, 4) is 11.3 Å². The molecule has 0 spiro atoms. The van der Waals surface area contributed by atoms with Gasteiger partial charge in [-0.05, 0) is 24.3 Å². The zero-order chi connectivity index (χ0) is 20.2. The fraction of sp³-hybridized carbons (Fsp3) is 0.308. The first-order valence-corrected chi connectivity index (χ1v) is 10.3. The zero-order valence-electron chi connectivity index (χ0n) is 17.3. The Balaban J connectivity index is 1.81. The zero-order valence-corrected chi connectivity index (χ0v) is 17.3. The summed E-state index contributed by atoms with van der Waals surface area (Å²) in [5.41, 5.74) is 7.25. The SMILES string of the molecule is CC1(C)CC(=O)C2=C(Cc3[nH]nc(-c4ccccc4)c3C2(C)c2ccccc2)C1. The van der Waals surface area contributed by atoms with Crippen LogP contribution in [0.1, 0.15) is 50.4 Å². The molecule has 0 fully saturated rings. The molecule has 3 aromatic rings. The number of carbonyl (C=O) groups is 1. The highest BCUT2D eigenvalue weighted by molar-refractivity contribution is 6.02. The number of fused-ring (bicyclic) bond motifs is 1. The van der Waals surface area contributed by atoms with Gasteiger partial charge >= 0.3 is 0 Å². The molecular weight excluding hydrogens is 356 g/mol. The van der Waals surface area contributed by atoms with Crippen LogP contribution in [0.15, 0.2) is 71.8 Å². The van der Waals surface area contributed by atoms with Gasteiger partial charge in [-0.25, -0.2) is 0 Å². The molecule has 3 heteroatoms. The number of Topliss-reactive ketones (excluding diaryl/α,β-unsaturated/α-hetero) is 1. The number of carbonyl (C=O) groups excluding carboxylic acids is 1. The topological polar surface area (TPSA) is 45.8 Å². The van der Waals surface area contributed by atoms with Crippen molar-refractivity contribution in [2.24, 2.45) is 5.41 Å². The molecule has 3 nitrogen and oxygen atoms in total. The number of allylic oxidation sites excluding steroid dienone is 2. The number of hydrogen-bond acceptors (Lipinski definition) is 2. The van der Waals surface area contributed by atoms with Gasteiger partial charge in [0, 0.05) is 40.7 Å². The van der Waals surface area contributed by atoms with Crippen LogP contribution < -0.4 is 0 Å². The summed E-state index contributed by atoms with van der Waals surface area (Å²) >= 11 is 0. The van der Waals surface area contributed by atoms with Crippen LogP contribution in [0.3, 0.4) is 0 Å². The first-order chi connectivity index (χ1) is 13.9. The molecule has 146 valence electrons. The van der Waals surface area contributed by atoms with Crippen LogP contribution in [0.4, 0.5) is 0 Å². The molecular formula is C26H26N2O. The van der Waals surface area contributed by atoms with E-state index in [0.717, 1.165) is 46.5 Å². The van der Waals surface area contributed by atoms with Crippen molar-refractivity contribution in [3.63, 3.8) is 0 Å². The molecule has 29 heavy (non-hydrogen) atoms. The molecule has 2 aliphatic rings. The van der Waals surface area contributed by atoms with E-state index in [4.69, 9.17) is 5.10 Å². The molecule has 2 aromatic carbocycles. The Morgan fingerprint density at radius 3 is 2.24 bits per heavy atom. The summed E-state index contributed by atoms with van der Waals surface area (Å²) in [5, 5.41) is 8.07. The van der Waals surface area contributed by atoms with Crippen molar-refractivity contribution in [2.45, 2.75) is 45.4 Å². The van der Waals surface area contributed by atoms with Gasteiger partial charge in [-0.2, -0.15) is 5.10 Å². The molecule has 0 bridgehead atoms. The van der Waals surface area contributed by atoms with Crippen LogP contribution in [-0.4, -0.2) is 16.0 Å². The second-order valence-electron chi connectivity index (χ2n) is 9.38. The largest absolute Gasteiger partial charge is 0.294 e. The Morgan fingerprint density at radius 1 is 0.897 bits per heavy atom. The molecule has 1 N–H and O–H groups in total. The van der Waals surface area contributed by atoms with Crippen LogP contribution in [0.25, 0.3) is 11.3 Å². The smallest absolute Gasteiger partial charge is 0.160 e. The first kappa shape index (κ1) is 18.1. The highest BCUT2D eigenvalue weighted by Gasteiger charge is 2.49. The molecule has 1 heterocycles. The Morgan fingerprint density at radius 2 is 1.55 bits per heavy atom. The predicted molar refractivity (Wildman–Crippen MR) is 116 cm³/mol. The van der Waals surface area contributed by atoms with Crippen molar-refractivity contribution >= 4 is 5.78 Å². The van der Waals surface area contributed by atoms with E-state index in [2.05, 4.69) is 62.3 Å². The minimum atomic E-state index is -0.504. The Bertz CT molecular complexity index is 1120. The van der Waals surface area contributed by atoms with Crippen LogP contribution in [0, 0.1) is 5.41 Å². The number of benzene rings is 2. The van der Waals surface area contributed by atoms with Gasteiger partial charge in [0.05, 0.1) is 5.69 Å². The fourth-order valence-corrected chi connectivity index (χ4v) is 5.48. The van der Waals surface area contributed by atoms with Crippen molar-refractivity contribution in [1.82, 2.24) is 10.2 Å². The molecule has 0 aliphatic heterocycles. The predicted octanol–water partition coefficient (Wildman–Crippen LogP) is 5.62. The molecule has 0 saturated heterocycles. The lowest BCUT2D eigenvalue weighted by molar-refractivity contribution is -0.118. The van der Waals surface area contributed by atoms with Gasteiger partial charge in [-0.3, -0.25) is 9.89 Å². The lowest BCUT2D eigenvalue weighted by Crippen LogP contribution is -2.41. The standard InChI is InChI=1S/C26H26N2O/c1-25(2)15-18-14-20-23(24(28-27-20)17-10-6-4-7-11-17)26(3,22(18)21(29)16-25)19-12-8-5-9-13-19/h4-13H,14-16H2,1-3H3,(H,27,28). The number of nitrogens with one attached hydrogen (secondary N) is 1. The van der Waals surface area contributed by atoms with Crippen LogP contribution in [0.5, 0.6) is 0 Å². The normalized spacial score (nSPS) is 22.9. The summed E-state index contributed by atoms with van der Waals surface area (Å²) in [6.07, 6.45) is 2.33. The average Bonchev–Trinajstić information content (AvgIpc) is 3.12. The van der Waals surface area contributed by atoms with E-state index in [-0.39, 0.29) is 11.2 Å². The van der Waals surface area contributed by atoms with E-state index >= 15 is 0 Å². The monoisotopic (exact) mass is 382 g/mol. The molecule has 0 amide bonds. The van der Waals surface area contributed by atoms with Gasteiger partial charge < -0.3 is 0 Å². The third-order valence-electron chi connectivity index (χ3n) is 6.59. The van der Waals surface area contributed by atoms with Crippen molar-refractivity contribution in [3.05, 3.63) is 88.6 Å². The Kier molecular flexibility index (Phi) is 3.92. The number of rotatable bonds is 2. The quantitative estimate of drug-likeness (QED) is 0.625. The van der Waals surface area contributed by atoms with E-state index in [9.17, 15) is 4.79 Å². The maximum absolute atomic E-state index is 13.5. The van der Waals surface area contributed by atoms with Crippen LogP contribution in [-0.2, 0) is 16.6 Å². The van der Waals surface area contributed by atoms with Gasteiger partial charge in [0.1, 0.15) is 0 Å². The fourth-order valence-electron chi connectivity index (χ4n) is 5.48. The van der Waals surface area contributed by atoms with Gasteiger partial charge in [0.2, 0.25) is 0 Å². The molecule has 1 atom stereocenters. The van der Waals surface area contributed by atoms with Gasteiger partial charge in [0.15, 0.2) is 5.78 Å². The lowest BCUT2D eigenvalue weighted by Gasteiger charge is -2.44. The molecule has 0 radical (unpaired) electrons. The maximum atomic E-state index is 13.5. The van der Waals surface area contributed by atoms with Crippen LogP contribution >= 0.6 is 0 Å². The van der Waals surface area contributed by atoms with Gasteiger partial charge in [-0.1, -0.05) is 80.1 Å². The Hall–Kier alpha value is -2.94. The highest BCUT2D eigenvalue weighted by Crippen LogP contribution is 2.53. The number of aromatic amines is 1. The van der Waals surface area contributed by atoms with Crippen LogP contribution in [0.2, 0.25) is 0 Å². The molecule has 1 aromatic heterocycles. The summed E-state index contributed by atoms with van der Waals surface area (Å²) in [7, 11) is 0. The number of ketones is 1. The third-order valence-corrected chi connectivity index (χ3v) is 6.59. The number of H-pyrrole nitrogens is 1. The molecule has 1 unspecified atom stereocenters. The Labute approximate surface area is 171 Å². The number of hydrogen-bond donors (Lipinski definition) is 1. The number of nitrogens with zero attached hydrogens (tertiary/aromatic N) is 1. The minimum Gasteiger partial charge on any atom is -0.294 e. The summed E-state index contributed by atoms with van der Waals surface area (Å²) in [6, 6.07) is 20.7. The van der Waals surface area contributed by atoms with Gasteiger partial charge in [0.25, 0.3) is 0 Å². The van der Waals surface area contributed by atoms with E-state index in [1.54, 1.807) is 0 Å². The summed E-state index contributed by atoms with van der Waals surface area (Å²) in [5.74, 6) is 0.286. The highest BCUT2D eigenvalue weighted by atomic mass is 16.1. The minimum absolute atomic E-state index is 0.00724. The van der Waals surface area contributed by atoms with E-state index in [1.165, 1.54) is 5.57 Å². The first-order valence-electron chi connectivity index (χ1n) is 10.3. The van der Waals surface area contributed by atoms with Crippen molar-refractivity contribution < 1.29 is 4.79 Å². The second-order valence-corrected chi connectivity index (χ2v) is 9.38. The number of aromatic nitrogens is 2. The van der Waals surface area contributed by atoms with Crippen molar-refractivity contribution in [1.29, 1.82) is 0 Å². The average molecular weight is 383 g/mol. The second kappa shape index (κ2) is 6.28. The van der Waals surface area contributed by atoms with E-state index in [0.29, 0.717) is 6.42 Å². The third kappa shape index (κ3) is 2.71. The maximum Gasteiger partial charge on any atom is 0.160 e. The summed E-state index contributed by atoms with van der Waals surface area (Å²) in [4.78, 5) is 13.5. The molecule has 0 saturated carbocycles. The van der Waals surface area contributed by atoms with Crippen molar-refractivity contribution in [2.75, 3.05) is 0 Å². The van der Waals surface area contributed by atoms with E-state index in [1.807, 2.05) is 24.3 Å².